The summed E-state index contributed by atoms with van der Waals surface area (Å²) in [5.74, 6) is -7.21. The van der Waals surface area contributed by atoms with Crippen LogP contribution in [0.3, 0.4) is 0 Å². The number of aliphatic hydroxyl groups excluding tert-OH is 1. The number of H-pyrrole nitrogens is 1. The fraction of sp³-hybridized carbons (Fsp3) is 0.417. The molecule has 1 aromatic heterocycles. The number of carbonyl (C=O) groups excluding carboxylic acids is 3. The van der Waals surface area contributed by atoms with Gasteiger partial charge in [0.1, 0.15) is 18.1 Å². The lowest BCUT2D eigenvalue weighted by atomic mass is 10.0. The van der Waals surface area contributed by atoms with Crippen LogP contribution in [0.1, 0.15) is 31.7 Å². The zero-order valence-electron chi connectivity index (χ0n) is 20.9. The number of nitrogens with one attached hydrogen (secondary N) is 4. The topological polar surface area (TPSA) is 261 Å². The van der Waals surface area contributed by atoms with Crippen molar-refractivity contribution in [2.24, 2.45) is 5.73 Å². The van der Waals surface area contributed by atoms with Crippen LogP contribution in [0.2, 0.25) is 0 Å². The molecule has 0 radical (unpaired) electrons. The Balaban J connectivity index is 2.19. The van der Waals surface area contributed by atoms with Crippen LogP contribution in [0.25, 0.3) is 10.9 Å². The summed E-state index contributed by atoms with van der Waals surface area (Å²) in [4.78, 5) is 74.9. The summed E-state index contributed by atoms with van der Waals surface area (Å²) < 4.78 is 0. The highest BCUT2D eigenvalue weighted by Crippen LogP contribution is 2.19. The molecule has 1 aromatic carbocycles. The lowest BCUT2D eigenvalue weighted by Crippen LogP contribution is -2.60. The molecule has 0 aliphatic rings. The van der Waals surface area contributed by atoms with E-state index in [-0.39, 0.29) is 6.42 Å². The maximum atomic E-state index is 13.0. The third-order valence-corrected chi connectivity index (χ3v) is 5.79. The SMILES string of the molecule is CC(O)C(NC(=O)C(N)CC(=O)O)C(=O)NC(CCC(=O)O)C(=O)NC(Cc1c[nH]c2ccccc12)C(=O)O. The first-order valence-corrected chi connectivity index (χ1v) is 11.9. The van der Waals surface area contributed by atoms with E-state index < -0.39 is 85.2 Å². The Morgan fingerprint density at radius 3 is 2.13 bits per heavy atom. The van der Waals surface area contributed by atoms with Crippen molar-refractivity contribution in [1.29, 1.82) is 0 Å². The number of carboxylic acid groups (broad SMARTS) is 3. The molecule has 1 heterocycles. The maximum Gasteiger partial charge on any atom is 0.326 e. The number of carbonyl (C=O) groups is 6. The van der Waals surface area contributed by atoms with E-state index in [2.05, 4.69) is 20.9 Å². The largest absolute Gasteiger partial charge is 0.481 e. The number of nitrogens with two attached hydrogens (primary N) is 1. The molecule has 212 valence electrons. The molecule has 5 atom stereocenters. The summed E-state index contributed by atoms with van der Waals surface area (Å²) in [7, 11) is 0. The van der Waals surface area contributed by atoms with Gasteiger partial charge in [-0.15, -0.1) is 0 Å². The lowest BCUT2D eigenvalue weighted by molar-refractivity contribution is -0.143. The molecular formula is C24H31N5O10. The van der Waals surface area contributed by atoms with E-state index in [9.17, 15) is 39.0 Å². The second kappa shape index (κ2) is 13.9. The van der Waals surface area contributed by atoms with Gasteiger partial charge >= 0.3 is 17.9 Å². The van der Waals surface area contributed by atoms with Gasteiger partial charge in [-0.3, -0.25) is 24.0 Å². The number of hydrogen-bond acceptors (Lipinski definition) is 8. The highest BCUT2D eigenvalue weighted by Gasteiger charge is 2.33. The number of rotatable bonds is 15. The summed E-state index contributed by atoms with van der Waals surface area (Å²) >= 11 is 0. The minimum absolute atomic E-state index is 0.126. The van der Waals surface area contributed by atoms with Gasteiger partial charge in [-0.1, -0.05) is 18.2 Å². The van der Waals surface area contributed by atoms with Gasteiger partial charge in [0.2, 0.25) is 17.7 Å². The zero-order valence-corrected chi connectivity index (χ0v) is 20.9. The van der Waals surface area contributed by atoms with Crippen molar-refractivity contribution in [1.82, 2.24) is 20.9 Å². The number of amides is 3. The molecule has 0 aliphatic heterocycles. The molecule has 3 amide bonds. The maximum absolute atomic E-state index is 13.0. The quantitative estimate of drug-likeness (QED) is 0.121. The summed E-state index contributed by atoms with van der Waals surface area (Å²) in [6, 6.07) is 0.893. The molecule has 2 aromatic rings. The second-order valence-electron chi connectivity index (χ2n) is 8.89. The van der Waals surface area contributed by atoms with Crippen LogP contribution in [-0.4, -0.2) is 91.3 Å². The number of para-hydroxylation sites is 1. The van der Waals surface area contributed by atoms with Crippen LogP contribution >= 0.6 is 0 Å². The molecule has 15 nitrogen and oxygen atoms in total. The standard InChI is InChI=1S/C24H31N5O10/c1-11(30)20(29-21(35)14(25)9-19(33)34)23(37)27-16(6-7-18(31)32)22(36)28-17(24(38)39)8-12-10-26-15-5-3-2-4-13(12)15/h2-5,10-11,14,16-17,20,26,30H,6-9,25H2,1H3,(H,27,37)(H,28,36)(H,29,35)(H,31,32)(H,33,34)(H,38,39). The Labute approximate surface area is 221 Å². The number of benzene rings is 1. The van der Waals surface area contributed by atoms with Crippen LogP contribution in [0.4, 0.5) is 0 Å². The molecule has 39 heavy (non-hydrogen) atoms. The van der Waals surface area contributed by atoms with Crippen LogP contribution in [0.5, 0.6) is 0 Å². The molecule has 0 bridgehead atoms. The molecule has 2 rings (SSSR count). The van der Waals surface area contributed by atoms with Crippen molar-refractivity contribution in [2.45, 2.75) is 62.9 Å². The first-order valence-electron chi connectivity index (χ1n) is 11.9. The van der Waals surface area contributed by atoms with E-state index in [1.165, 1.54) is 0 Å². The van der Waals surface area contributed by atoms with Crippen LogP contribution in [0, 0.1) is 0 Å². The fourth-order valence-corrected chi connectivity index (χ4v) is 3.74. The van der Waals surface area contributed by atoms with Crippen molar-refractivity contribution in [3.8, 4) is 0 Å². The van der Waals surface area contributed by atoms with Gasteiger partial charge in [-0.25, -0.2) is 4.79 Å². The van der Waals surface area contributed by atoms with Gasteiger partial charge in [0.25, 0.3) is 0 Å². The number of carboxylic acids is 3. The van der Waals surface area contributed by atoms with Gasteiger partial charge < -0.3 is 47.1 Å². The molecule has 5 unspecified atom stereocenters. The predicted octanol–water partition coefficient (Wildman–Crippen LogP) is -1.70. The van der Waals surface area contributed by atoms with Crippen molar-refractivity contribution in [2.75, 3.05) is 0 Å². The summed E-state index contributed by atoms with van der Waals surface area (Å²) in [5, 5.41) is 44.9. The van der Waals surface area contributed by atoms with Crippen molar-refractivity contribution in [3.63, 3.8) is 0 Å². The van der Waals surface area contributed by atoms with Gasteiger partial charge in [-0.05, 0) is 25.0 Å². The highest BCUT2D eigenvalue weighted by molar-refractivity contribution is 5.95. The average Bonchev–Trinajstić information content (AvgIpc) is 3.26. The first kappa shape index (κ1) is 30.7. The molecule has 0 spiro atoms. The molecular weight excluding hydrogens is 518 g/mol. The molecule has 0 fully saturated rings. The van der Waals surface area contributed by atoms with Crippen LogP contribution in [-0.2, 0) is 35.2 Å². The molecule has 15 heteroatoms. The Bertz CT molecular complexity index is 1230. The van der Waals surface area contributed by atoms with E-state index in [0.717, 1.165) is 17.8 Å². The number of aromatic amines is 1. The Morgan fingerprint density at radius 1 is 0.897 bits per heavy atom. The average molecular weight is 550 g/mol. The normalized spacial score (nSPS) is 14.8. The molecule has 10 N–H and O–H groups in total. The minimum Gasteiger partial charge on any atom is -0.481 e. The monoisotopic (exact) mass is 549 g/mol. The second-order valence-corrected chi connectivity index (χ2v) is 8.89. The van der Waals surface area contributed by atoms with Gasteiger partial charge in [-0.2, -0.15) is 0 Å². The van der Waals surface area contributed by atoms with Crippen LogP contribution < -0.4 is 21.7 Å². The van der Waals surface area contributed by atoms with E-state index in [0.29, 0.717) is 5.56 Å². The third kappa shape index (κ3) is 9.08. The fourth-order valence-electron chi connectivity index (χ4n) is 3.74. The highest BCUT2D eigenvalue weighted by atomic mass is 16.4. The van der Waals surface area contributed by atoms with E-state index in [1.807, 2.05) is 0 Å². The minimum atomic E-state index is -1.68. The number of hydrogen-bond donors (Lipinski definition) is 9. The smallest absolute Gasteiger partial charge is 0.326 e. The number of fused-ring (bicyclic) bond motifs is 1. The Morgan fingerprint density at radius 2 is 1.54 bits per heavy atom. The third-order valence-electron chi connectivity index (χ3n) is 5.79. The summed E-state index contributed by atoms with van der Waals surface area (Å²) in [6.07, 6.45) is -1.82. The Kier molecular flexibility index (Phi) is 10.9. The Hall–Kier alpha value is -4.50. The lowest BCUT2D eigenvalue weighted by Gasteiger charge is -2.26. The van der Waals surface area contributed by atoms with E-state index >= 15 is 0 Å². The summed E-state index contributed by atoms with van der Waals surface area (Å²) in [6.45, 7) is 1.14. The number of aliphatic carboxylic acids is 3. The zero-order chi connectivity index (χ0) is 29.3. The predicted molar refractivity (Wildman–Crippen MR) is 134 cm³/mol. The van der Waals surface area contributed by atoms with Crippen LogP contribution in [0.15, 0.2) is 30.5 Å². The van der Waals surface area contributed by atoms with E-state index in [4.69, 9.17) is 15.9 Å². The van der Waals surface area contributed by atoms with Gasteiger partial charge in [0.05, 0.1) is 18.6 Å². The molecule has 0 aliphatic carbocycles. The number of aromatic nitrogens is 1. The van der Waals surface area contributed by atoms with Crippen molar-refractivity contribution >= 4 is 46.5 Å². The molecule has 0 saturated carbocycles. The van der Waals surface area contributed by atoms with E-state index in [1.54, 1.807) is 30.5 Å². The van der Waals surface area contributed by atoms with Crippen molar-refractivity contribution in [3.05, 3.63) is 36.0 Å². The summed E-state index contributed by atoms with van der Waals surface area (Å²) in [5.41, 5.74) is 6.83. The first-order chi connectivity index (χ1) is 18.3. The van der Waals surface area contributed by atoms with Crippen molar-refractivity contribution < 1.29 is 49.2 Å². The molecule has 0 saturated heterocycles. The van der Waals surface area contributed by atoms with Gasteiger partial charge in [0, 0.05) is 29.9 Å². The number of aliphatic hydroxyl groups is 1. The van der Waals surface area contributed by atoms with Gasteiger partial charge in [0.15, 0.2) is 0 Å².